The molecule has 0 unspecified atom stereocenters. The van der Waals surface area contributed by atoms with Gasteiger partial charge in [-0.25, -0.2) is 9.37 Å². The van der Waals surface area contributed by atoms with Crippen LogP contribution in [-0.4, -0.2) is 65.8 Å². The molecular formula is C24H31FN4O3. The summed E-state index contributed by atoms with van der Waals surface area (Å²) < 4.78 is 18.9. The molecule has 172 valence electrons. The predicted molar refractivity (Wildman–Crippen MR) is 120 cm³/mol. The van der Waals surface area contributed by atoms with Gasteiger partial charge in [-0.2, -0.15) is 0 Å². The molecule has 1 amide bonds. The molecule has 2 fully saturated rings. The van der Waals surface area contributed by atoms with Gasteiger partial charge in [0.05, 0.1) is 18.4 Å². The Balaban J connectivity index is 1.15. The fourth-order valence-electron chi connectivity index (χ4n) is 4.28. The van der Waals surface area contributed by atoms with Crippen LogP contribution in [0.4, 0.5) is 10.2 Å². The molecule has 2 aliphatic rings. The summed E-state index contributed by atoms with van der Waals surface area (Å²) in [4.78, 5) is 19.6. The maximum absolute atomic E-state index is 13.1. The molecule has 2 saturated heterocycles. The van der Waals surface area contributed by atoms with Crippen molar-refractivity contribution < 1.29 is 19.0 Å². The zero-order valence-corrected chi connectivity index (χ0v) is 18.3. The molecule has 2 N–H and O–H groups in total. The summed E-state index contributed by atoms with van der Waals surface area (Å²) >= 11 is 0. The maximum atomic E-state index is 13.1. The Morgan fingerprint density at radius 1 is 1.19 bits per heavy atom. The first-order chi connectivity index (χ1) is 15.5. The number of amides is 1. The van der Waals surface area contributed by atoms with Gasteiger partial charge in [0.25, 0.3) is 0 Å². The number of pyridine rings is 1. The third-order valence-electron chi connectivity index (χ3n) is 6.09. The van der Waals surface area contributed by atoms with Gasteiger partial charge in [0.2, 0.25) is 5.91 Å². The SMILES string of the molecule is O=C1CCCN1CCCOc1ccc(CNC[C@]2(O)CCN(c3ccc(F)cn3)C2)cc1. The number of aliphatic hydroxyl groups is 1. The van der Waals surface area contributed by atoms with Crippen LogP contribution in [0, 0.1) is 5.82 Å². The van der Waals surface area contributed by atoms with Crippen molar-refractivity contribution in [2.75, 3.05) is 44.2 Å². The van der Waals surface area contributed by atoms with E-state index in [4.69, 9.17) is 4.74 Å². The van der Waals surface area contributed by atoms with Gasteiger partial charge >= 0.3 is 0 Å². The van der Waals surface area contributed by atoms with Crippen LogP contribution in [0.5, 0.6) is 5.75 Å². The predicted octanol–water partition coefficient (Wildman–Crippen LogP) is 2.34. The van der Waals surface area contributed by atoms with E-state index in [9.17, 15) is 14.3 Å². The fourth-order valence-corrected chi connectivity index (χ4v) is 4.28. The number of likely N-dealkylation sites (tertiary alicyclic amines) is 1. The molecule has 2 aromatic rings. The largest absolute Gasteiger partial charge is 0.494 e. The number of anilines is 1. The number of nitrogens with zero attached hydrogens (tertiary/aromatic N) is 3. The topological polar surface area (TPSA) is 77.9 Å². The summed E-state index contributed by atoms with van der Waals surface area (Å²) in [5.74, 6) is 1.40. The Kier molecular flexibility index (Phi) is 7.22. The highest BCUT2D eigenvalue weighted by Gasteiger charge is 2.36. The monoisotopic (exact) mass is 442 g/mol. The van der Waals surface area contributed by atoms with Crippen molar-refractivity contribution in [2.24, 2.45) is 0 Å². The average molecular weight is 443 g/mol. The van der Waals surface area contributed by atoms with Crippen molar-refractivity contribution in [1.82, 2.24) is 15.2 Å². The molecule has 0 spiro atoms. The number of halogens is 1. The molecular weight excluding hydrogens is 411 g/mol. The number of carbonyl (C=O) groups excluding carboxylic acids is 1. The Labute approximate surface area is 188 Å². The molecule has 3 heterocycles. The van der Waals surface area contributed by atoms with Crippen LogP contribution in [-0.2, 0) is 11.3 Å². The first-order valence-electron chi connectivity index (χ1n) is 11.3. The summed E-state index contributed by atoms with van der Waals surface area (Å²) in [5, 5.41) is 14.2. The van der Waals surface area contributed by atoms with Gasteiger partial charge in [0.1, 0.15) is 17.4 Å². The Bertz CT molecular complexity index is 893. The van der Waals surface area contributed by atoms with E-state index >= 15 is 0 Å². The summed E-state index contributed by atoms with van der Waals surface area (Å²) in [6.07, 6.45) is 4.31. The molecule has 1 aromatic carbocycles. The second kappa shape index (κ2) is 10.3. The lowest BCUT2D eigenvalue weighted by Crippen LogP contribution is -2.43. The van der Waals surface area contributed by atoms with Crippen LogP contribution in [0.1, 0.15) is 31.2 Å². The smallest absolute Gasteiger partial charge is 0.222 e. The number of hydrogen-bond donors (Lipinski definition) is 2. The van der Waals surface area contributed by atoms with Crippen molar-refractivity contribution in [1.29, 1.82) is 0 Å². The van der Waals surface area contributed by atoms with E-state index < -0.39 is 5.60 Å². The highest BCUT2D eigenvalue weighted by Crippen LogP contribution is 2.25. The van der Waals surface area contributed by atoms with Crippen LogP contribution in [0.3, 0.4) is 0 Å². The van der Waals surface area contributed by atoms with E-state index in [-0.39, 0.29) is 11.7 Å². The van der Waals surface area contributed by atoms with Crippen molar-refractivity contribution >= 4 is 11.7 Å². The molecule has 7 nitrogen and oxygen atoms in total. The Morgan fingerprint density at radius 3 is 2.75 bits per heavy atom. The first-order valence-corrected chi connectivity index (χ1v) is 11.3. The minimum atomic E-state index is -0.837. The minimum absolute atomic E-state index is 0.254. The van der Waals surface area contributed by atoms with Gasteiger partial charge in [-0.3, -0.25) is 4.79 Å². The molecule has 8 heteroatoms. The first kappa shape index (κ1) is 22.5. The van der Waals surface area contributed by atoms with Gasteiger partial charge in [-0.05, 0) is 49.1 Å². The molecule has 1 atom stereocenters. The number of carbonyl (C=O) groups is 1. The molecule has 0 radical (unpaired) electrons. The van der Waals surface area contributed by atoms with Crippen LogP contribution < -0.4 is 15.0 Å². The van der Waals surface area contributed by atoms with E-state index in [1.807, 2.05) is 34.1 Å². The number of benzene rings is 1. The number of hydrogen-bond acceptors (Lipinski definition) is 6. The number of nitrogens with one attached hydrogen (secondary N) is 1. The zero-order valence-electron chi connectivity index (χ0n) is 18.3. The maximum Gasteiger partial charge on any atom is 0.222 e. The summed E-state index contributed by atoms with van der Waals surface area (Å²) in [5.41, 5.74) is 0.272. The molecule has 0 saturated carbocycles. The molecule has 0 bridgehead atoms. The van der Waals surface area contributed by atoms with Gasteiger partial charge in [-0.1, -0.05) is 12.1 Å². The Morgan fingerprint density at radius 2 is 2.03 bits per heavy atom. The van der Waals surface area contributed by atoms with Crippen molar-refractivity contribution in [3.8, 4) is 5.75 Å². The molecule has 4 rings (SSSR count). The van der Waals surface area contributed by atoms with E-state index in [2.05, 4.69) is 10.3 Å². The summed E-state index contributed by atoms with van der Waals surface area (Å²) in [6.45, 7) is 4.50. The highest BCUT2D eigenvalue weighted by atomic mass is 19.1. The van der Waals surface area contributed by atoms with Crippen molar-refractivity contribution in [3.05, 3.63) is 54.0 Å². The fraction of sp³-hybridized carbons (Fsp3) is 0.500. The van der Waals surface area contributed by atoms with Crippen LogP contribution in [0.25, 0.3) is 0 Å². The molecule has 32 heavy (non-hydrogen) atoms. The van der Waals surface area contributed by atoms with Gasteiger partial charge in [0, 0.05) is 45.7 Å². The van der Waals surface area contributed by atoms with Gasteiger partial charge in [-0.15, -0.1) is 0 Å². The zero-order chi connectivity index (χ0) is 22.4. The highest BCUT2D eigenvalue weighted by molar-refractivity contribution is 5.77. The number of aromatic nitrogens is 1. The second-order valence-electron chi connectivity index (χ2n) is 8.66. The normalized spacial score (nSPS) is 20.9. The van der Waals surface area contributed by atoms with Crippen LogP contribution >= 0.6 is 0 Å². The molecule has 2 aliphatic heterocycles. The summed E-state index contributed by atoms with van der Waals surface area (Å²) in [7, 11) is 0. The lowest BCUT2D eigenvalue weighted by Gasteiger charge is -2.24. The van der Waals surface area contributed by atoms with E-state index in [1.54, 1.807) is 6.07 Å². The van der Waals surface area contributed by atoms with E-state index in [0.29, 0.717) is 51.4 Å². The quantitative estimate of drug-likeness (QED) is 0.550. The Hall–Kier alpha value is -2.71. The average Bonchev–Trinajstić information content (AvgIpc) is 3.38. The van der Waals surface area contributed by atoms with Gasteiger partial charge in [0.15, 0.2) is 0 Å². The van der Waals surface area contributed by atoms with E-state index in [0.717, 1.165) is 37.2 Å². The third-order valence-corrected chi connectivity index (χ3v) is 6.09. The lowest BCUT2D eigenvalue weighted by atomic mass is 10.0. The number of β-amino-alcohol motifs (C(OH)–C–C–N with tert-alkyl or cyclic N) is 1. The van der Waals surface area contributed by atoms with E-state index in [1.165, 1.54) is 12.3 Å². The second-order valence-corrected chi connectivity index (χ2v) is 8.66. The van der Waals surface area contributed by atoms with Crippen LogP contribution in [0.15, 0.2) is 42.6 Å². The third kappa shape index (κ3) is 5.95. The lowest BCUT2D eigenvalue weighted by molar-refractivity contribution is -0.127. The molecule has 0 aliphatic carbocycles. The van der Waals surface area contributed by atoms with Gasteiger partial charge < -0.3 is 25.0 Å². The summed E-state index contributed by atoms with van der Waals surface area (Å²) in [6, 6.07) is 11.0. The number of rotatable bonds is 10. The van der Waals surface area contributed by atoms with Crippen LogP contribution in [0.2, 0.25) is 0 Å². The number of ether oxygens (including phenoxy) is 1. The standard InChI is InChI=1S/C24H31FN4O3/c25-20-6-9-22(27-16-20)29-13-10-24(31,18-29)17-26-15-19-4-7-21(8-5-19)32-14-2-12-28-11-1-3-23(28)30/h4-9,16,26,31H,1-3,10-15,17-18H2/t24-/m1/s1. The minimum Gasteiger partial charge on any atom is -0.494 e. The van der Waals surface area contributed by atoms with Crippen molar-refractivity contribution in [3.63, 3.8) is 0 Å². The molecule has 1 aromatic heterocycles. The van der Waals surface area contributed by atoms with Crippen molar-refractivity contribution in [2.45, 2.75) is 37.8 Å².